The van der Waals surface area contributed by atoms with Crippen LogP contribution in [-0.2, 0) is 0 Å². The Balaban J connectivity index is 2.13. The maximum atomic E-state index is 9.64. The molecule has 1 aromatic heterocycles. The van der Waals surface area contributed by atoms with Gasteiger partial charge in [-0.3, -0.25) is 0 Å². The average Bonchev–Trinajstić information content (AvgIpc) is 2.14. The average molecular weight is 207 g/mol. The Morgan fingerprint density at radius 3 is 2.60 bits per heavy atom. The van der Waals surface area contributed by atoms with Crippen LogP contribution in [0.1, 0.15) is 32.4 Å². The molecule has 2 rings (SSSR count). The number of aliphatic hydroxyl groups is 1. The molecule has 0 amide bonds. The molecule has 0 bridgehead atoms. The monoisotopic (exact) mass is 207 g/mol. The van der Waals surface area contributed by atoms with Gasteiger partial charge in [0.15, 0.2) is 0 Å². The molecule has 1 N–H and O–H groups in total. The first kappa shape index (κ1) is 10.4. The Kier molecular flexibility index (Phi) is 2.38. The quantitative estimate of drug-likeness (QED) is 0.791. The molecule has 0 radical (unpaired) electrons. The molecule has 0 atom stereocenters. The fourth-order valence-electron chi connectivity index (χ4n) is 1.79. The van der Waals surface area contributed by atoms with Crippen LogP contribution in [0.4, 0.5) is 5.82 Å². The van der Waals surface area contributed by atoms with Crippen molar-refractivity contribution in [2.24, 2.45) is 0 Å². The van der Waals surface area contributed by atoms with E-state index in [-0.39, 0.29) is 0 Å². The molecule has 15 heavy (non-hydrogen) atoms. The number of nitrogens with zero attached hydrogens (tertiary/aromatic N) is 3. The van der Waals surface area contributed by atoms with Gasteiger partial charge in [-0.1, -0.05) is 13.8 Å². The highest BCUT2D eigenvalue weighted by Gasteiger charge is 2.37. The van der Waals surface area contributed by atoms with Crippen LogP contribution in [0.25, 0.3) is 0 Å². The second kappa shape index (κ2) is 3.45. The Morgan fingerprint density at radius 1 is 1.40 bits per heavy atom. The van der Waals surface area contributed by atoms with Gasteiger partial charge in [0.1, 0.15) is 12.1 Å². The molecule has 4 heteroatoms. The lowest BCUT2D eigenvalue weighted by Crippen LogP contribution is -2.60. The molecule has 0 spiro atoms. The normalized spacial score (nSPS) is 19.1. The maximum absolute atomic E-state index is 9.64. The second-order valence-electron chi connectivity index (χ2n) is 4.81. The zero-order valence-electron chi connectivity index (χ0n) is 9.44. The molecule has 2 heterocycles. The van der Waals surface area contributed by atoms with E-state index in [4.69, 9.17) is 0 Å². The van der Waals surface area contributed by atoms with Crippen molar-refractivity contribution in [3.8, 4) is 0 Å². The minimum absolute atomic E-state index is 0.411. The van der Waals surface area contributed by atoms with Crippen LogP contribution in [0.3, 0.4) is 0 Å². The maximum Gasteiger partial charge on any atom is 0.132 e. The molecule has 1 fully saturated rings. The summed E-state index contributed by atoms with van der Waals surface area (Å²) in [5.74, 6) is 1.33. The highest BCUT2D eigenvalue weighted by Crippen LogP contribution is 2.26. The van der Waals surface area contributed by atoms with Crippen LogP contribution >= 0.6 is 0 Å². The standard InChI is InChI=1S/C11H17N3O/c1-8(2)9-4-10(13-7-12-9)14-5-11(3,15)6-14/h4,7-8,15H,5-6H2,1-3H3. The van der Waals surface area contributed by atoms with Gasteiger partial charge in [0, 0.05) is 24.8 Å². The first-order valence-electron chi connectivity index (χ1n) is 5.27. The minimum atomic E-state index is -0.553. The molecule has 0 aromatic carbocycles. The van der Waals surface area contributed by atoms with Gasteiger partial charge in [0.25, 0.3) is 0 Å². The van der Waals surface area contributed by atoms with Crippen LogP contribution in [-0.4, -0.2) is 33.8 Å². The van der Waals surface area contributed by atoms with E-state index in [9.17, 15) is 5.11 Å². The lowest BCUT2D eigenvalue weighted by atomic mass is 9.97. The van der Waals surface area contributed by atoms with Crippen molar-refractivity contribution in [1.29, 1.82) is 0 Å². The van der Waals surface area contributed by atoms with Crippen molar-refractivity contribution in [2.75, 3.05) is 18.0 Å². The van der Waals surface area contributed by atoms with Gasteiger partial charge < -0.3 is 10.0 Å². The first-order valence-corrected chi connectivity index (χ1v) is 5.27. The third kappa shape index (κ3) is 2.09. The minimum Gasteiger partial charge on any atom is -0.386 e. The summed E-state index contributed by atoms with van der Waals surface area (Å²) in [5.41, 5.74) is 0.495. The van der Waals surface area contributed by atoms with Crippen LogP contribution in [0, 0.1) is 0 Å². The van der Waals surface area contributed by atoms with Gasteiger partial charge >= 0.3 is 0 Å². The van der Waals surface area contributed by atoms with Gasteiger partial charge in [-0.15, -0.1) is 0 Å². The first-order chi connectivity index (χ1) is 6.98. The molecule has 0 unspecified atom stereocenters. The lowest BCUT2D eigenvalue weighted by molar-refractivity contribution is 0.0305. The molecular weight excluding hydrogens is 190 g/mol. The zero-order chi connectivity index (χ0) is 11.1. The van der Waals surface area contributed by atoms with Gasteiger partial charge in [-0.25, -0.2) is 9.97 Å². The fraction of sp³-hybridized carbons (Fsp3) is 0.636. The summed E-state index contributed by atoms with van der Waals surface area (Å²) >= 11 is 0. The van der Waals surface area contributed by atoms with Gasteiger partial charge in [0.05, 0.1) is 5.60 Å². The summed E-state index contributed by atoms with van der Waals surface area (Å²) in [4.78, 5) is 10.5. The highest BCUT2D eigenvalue weighted by atomic mass is 16.3. The van der Waals surface area contributed by atoms with Crippen molar-refractivity contribution in [1.82, 2.24) is 9.97 Å². The molecule has 1 aliphatic heterocycles. The van der Waals surface area contributed by atoms with Crippen LogP contribution < -0.4 is 4.90 Å². The highest BCUT2D eigenvalue weighted by molar-refractivity contribution is 5.44. The van der Waals surface area contributed by atoms with E-state index in [2.05, 4.69) is 28.7 Å². The Hall–Kier alpha value is -1.16. The van der Waals surface area contributed by atoms with E-state index < -0.39 is 5.60 Å². The van der Waals surface area contributed by atoms with Crippen LogP contribution in [0.5, 0.6) is 0 Å². The number of hydrogen-bond donors (Lipinski definition) is 1. The summed E-state index contributed by atoms with van der Waals surface area (Å²) in [7, 11) is 0. The van der Waals surface area contributed by atoms with E-state index in [1.54, 1.807) is 6.33 Å². The topological polar surface area (TPSA) is 49.2 Å². The van der Waals surface area contributed by atoms with Crippen molar-refractivity contribution >= 4 is 5.82 Å². The molecule has 0 aliphatic carbocycles. The summed E-state index contributed by atoms with van der Waals surface area (Å²) in [6.07, 6.45) is 1.59. The number of rotatable bonds is 2. The van der Waals surface area contributed by atoms with Crippen LogP contribution in [0.15, 0.2) is 12.4 Å². The predicted octanol–water partition coefficient (Wildman–Crippen LogP) is 1.17. The second-order valence-corrected chi connectivity index (χ2v) is 4.81. The van der Waals surface area contributed by atoms with Crippen molar-refractivity contribution < 1.29 is 5.11 Å². The van der Waals surface area contributed by atoms with E-state index >= 15 is 0 Å². The van der Waals surface area contributed by atoms with Crippen molar-refractivity contribution in [2.45, 2.75) is 32.3 Å². The smallest absolute Gasteiger partial charge is 0.132 e. The molecule has 0 saturated carbocycles. The van der Waals surface area contributed by atoms with Crippen LogP contribution in [0.2, 0.25) is 0 Å². The third-order valence-electron chi connectivity index (χ3n) is 2.65. The molecule has 82 valence electrons. The van der Waals surface area contributed by atoms with E-state index in [0.29, 0.717) is 19.0 Å². The molecule has 1 saturated heterocycles. The molecule has 1 aliphatic rings. The van der Waals surface area contributed by atoms with Gasteiger partial charge in [0.2, 0.25) is 0 Å². The van der Waals surface area contributed by atoms with Gasteiger partial charge in [-0.2, -0.15) is 0 Å². The summed E-state index contributed by atoms with van der Waals surface area (Å²) in [6, 6.07) is 2.00. The Morgan fingerprint density at radius 2 is 2.07 bits per heavy atom. The van der Waals surface area contributed by atoms with E-state index in [1.807, 2.05) is 13.0 Å². The summed E-state index contributed by atoms with van der Waals surface area (Å²) < 4.78 is 0. The predicted molar refractivity (Wildman–Crippen MR) is 59.0 cm³/mol. The van der Waals surface area contributed by atoms with Gasteiger partial charge in [-0.05, 0) is 12.8 Å². The van der Waals surface area contributed by atoms with E-state index in [1.165, 1.54) is 0 Å². The third-order valence-corrected chi connectivity index (χ3v) is 2.65. The SMILES string of the molecule is CC(C)c1cc(N2CC(C)(O)C2)ncn1. The van der Waals surface area contributed by atoms with Crippen molar-refractivity contribution in [3.05, 3.63) is 18.1 Å². The zero-order valence-corrected chi connectivity index (χ0v) is 9.44. The number of β-amino-alcohol motifs (C(OH)–C–C–N with tert-alkyl or cyclic N) is 1. The molecule has 4 nitrogen and oxygen atoms in total. The Bertz CT molecular complexity index is 355. The number of aromatic nitrogens is 2. The number of anilines is 1. The summed E-state index contributed by atoms with van der Waals surface area (Å²) in [5, 5.41) is 9.64. The molecular formula is C11H17N3O. The lowest BCUT2D eigenvalue weighted by Gasteiger charge is -2.44. The summed E-state index contributed by atoms with van der Waals surface area (Å²) in [6.45, 7) is 7.37. The fourth-order valence-corrected chi connectivity index (χ4v) is 1.79. The number of hydrogen-bond acceptors (Lipinski definition) is 4. The Labute approximate surface area is 90.0 Å². The largest absolute Gasteiger partial charge is 0.386 e. The van der Waals surface area contributed by atoms with Crippen molar-refractivity contribution in [3.63, 3.8) is 0 Å². The molecule has 1 aromatic rings. The van der Waals surface area contributed by atoms with E-state index in [0.717, 1.165) is 11.5 Å².